The van der Waals surface area contributed by atoms with Crippen molar-refractivity contribution in [2.75, 3.05) is 0 Å². The molecular formula is C15H21N3O. The molecule has 4 nitrogen and oxygen atoms in total. The van der Waals surface area contributed by atoms with Gasteiger partial charge in [0.25, 0.3) is 0 Å². The lowest BCUT2D eigenvalue weighted by Crippen LogP contribution is -2.28. The van der Waals surface area contributed by atoms with Crippen LogP contribution in [0.4, 0.5) is 0 Å². The molecule has 0 fully saturated rings. The first kappa shape index (κ1) is 13.7. The normalized spacial score (nSPS) is 13.5. The van der Waals surface area contributed by atoms with Gasteiger partial charge in [0.1, 0.15) is 12.2 Å². The van der Waals surface area contributed by atoms with Gasteiger partial charge in [0.2, 0.25) is 0 Å². The average Bonchev–Trinajstić information content (AvgIpc) is 2.75. The van der Waals surface area contributed by atoms with Crippen molar-refractivity contribution >= 4 is 0 Å². The second-order valence-electron chi connectivity index (χ2n) is 5.72. The highest BCUT2D eigenvalue weighted by atomic mass is 16.3. The van der Waals surface area contributed by atoms with Gasteiger partial charge in [-0.1, -0.05) is 36.8 Å². The van der Waals surface area contributed by atoms with E-state index in [4.69, 9.17) is 0 Å². The Hall–Kier alpha value is -1.68. The summed E-state index contributed by atoms with van der Waals surface area (Å²) in [7, 11) is 0. The molecule has 1 atom stereocenters. The van der Waals surface area contributed by atoms with Crippen molar-refractivity contribution in [2.45, 2.75) is 45.8 Å². The first-order valence-electron chi connectivity index (χ1n) is 6.53. The fourth-order valence-corrected chi connectivity index (χ4v) is 2.10. The summed E-state index contributed by atoms with van der Waals surface area (Å²) in [6.07, 6.45) is 1.55. The van der Waals surface area contributed by atoms with Crippen molar-refractivity contribution in [3.8, 4) is 0 Å². The monoisotopic (exact) mass is 259 g/mol. The number of aryl methyl sites for hydroxylation is 1. The van der Waals surface area contributed by atoms with Gasteiger partial charge in [0.05, 0.1) is 12.1 Å². The van der Waals surface area contributed by atoms with Crippen LogP contribution in [0.1, 0.15) is 43.6 Å². The minimum atomic E-state index is -0.796. The number of rotatable bonds is 4. The summed E-state index contributed by atoms with van der Waals surface area (Å²) in [5, 5.41) is 14.1. The molecule has 1 aromatic heterocycles. The van der Waals surface area contributed by atoms with Crippen LogP contribution < -0.4 is 0 Å². The van der Waals surface area contributed by atoms with Crippen LogP contribution in [0.15, 0.2) is 30.6 Å². The van der Waals surface area contributed by atoms with Gasteiger partial charge in [0.15, 0.2) is 0 Å². The van der Waals surface area contributed by atoms with Gasteiger partial charge in [-0.25, -0.2) is 9.67 Å². The van der Waals surface area contributed by atoms with Crippen LogP contribution in [0.3, 0.4) is 0 Å². The Labute approximate surface area is 114 Å². The van der Waals surface area contributed by atoms with Crippen molar-refractivity contribution in [3.05, 3.63) is 47.5 Å². The van der Waals surface area contributed by atoms with E-state index in [9.17, 15) is 5.11 Å². The molecule has 2 aromatic rings. The van der Waals surface area contributed by atoms with Crippen molar-refractivity contribution in [2.24, 2.45) is 0 Å². The van der Waals surface area contributed by atoms with E-state index in [0.29, 0.717) is 6.54 Å². The molecule has 0 aliphatic rings. The Morgan fingerprint density at radius 1 is 1.26 bits per heavy atom. The van der Waals surface area contributed by atoms with Crippen molar-refractivity contribution in [1.29, 1.82) is 0 Å². The van der Waals surface area contributed by atoms with Gasteiger partial charge in [-0.05, 0) is 26.3 Å². The van der Waals surface area contributed by atoms with E-state index >= 15 is 0 Å². The summed E-state index contributed by atoms with van der Waals surface area (Å²) in [6.45, 7) is 8.17. The van der Waals surface area contributed by atoms with E-state index in [1.54, 1.807) is 24.9 Å². The second kappa shape index (κ2) is 5.13. The number of hydrogen-bond donors (Lipinski definition) is 1. The highest BCUT2D eigenvalue weighted by molar-refractivity contribution is 5.27. The highest BCUT2D eigenvalue weighted by Crippen LogP contribution is 2.23. The van der Waals surface area contributed by atoms with Gasteiger partial charge < -0.3 is 5.11 Å². The fourth-order valence-electron chi connectivity index (χ4n) is 2.10. The molecule has 4 heteroatoms. The van der Waals surface area contributed by atoms with Crippen LogP contribution in [0.5, 0.6) is 0 Å². The molecule has 0 radical (unpaired) electrons. The predicted molar refractivity (Wildman–Crippen MR) is 75.0 cm³/mol. The Kier molecular flexibility index (Phi) is 3.71. The van der Waals surface area contributed by atoms with Gasteiger partial charge in [-0.15, -0.1) is 0 Å². The molecule has 0 aliphatic carbocycles. The molecule has 102 valence electrons. The van der Waals surface area contributed by atoms with Gasteiger partial charge in [0, 0.05) is 5.92 Å². The van der Waals surface area contributed by atoms with E-state index < -0.39 is 5.60 Å². The smallest absolute Gasteiger partial charge is 0.138 e. The van der Waals surface area contributed by atoms with Gasteiger partial charge in [-0.3, -0.25) is 0 Å². The van der Waals surface area contributed by atoms with Crippen LogP contribution in [0.2, 0.25) is 0 Å². The zero-order valence-electron chi connectivity index (χ0n) is 12.0. The summed E-state index contributed by atoms with van der Waals surface area (Å²) < 4.78 is 1.78. The van der Waals surface area contributed by atoms with Gasteiger partial charge >= 0.3 is 0 Å². The number of nitrogens with zero attached hydrogens (tertiary/aromatic N) is 3. The summed E-state index contributed by atoms with van der Waals surface area (Å²) in [4.78, 5) is 4.34. The molecule has 0 amide bonds. The average molecular weight is 259 g/mol. The van der Waals surface area contributed by atoms with Gasteiger partial charge in [-0.2, -0.15) is 5.10 Å². The third-order valence-electron chi connectivity index (χ3n) is 3.15. The molecule has 1 aromatic carbocycles. The summed E-state index contributed by atoms with van der Waals surface area (Å²) >= 11 is 0. The maximum Gasteiger partial charge on any atom is 0.138 e. The molecule has 2 rings (SSSR count). The molecule has 0 aliphatic heterocycles. The van der Waals surface area contributed by atoms with Crippen LogP contribution in [-0.4, -0.2) is 25.5 Å². The Balaban J connectivity index is 2.27. The summed E-state index contributed by atoms with van der Waals surface area (Å²) in [5.41, 5.74) is 1.65. The number of aliphatic hydroxyl groups is 1. The zero-order valence-corrected chi connectivity index (χ0v) is 12.0. The minimum absolute atomic E-state index is 0.158. The minimum Gasteiger partial charge on any atom is -0.389 e. The number of hydrogen-bond acceptors (Lipinski definition) is 3. The third kappa shape index (κ3) is 3.41. The highest BCUT2D eigenvalue weighted by Gasteiger charge is 2.20. The summed E-state index contributed by atoms with van der Waals surface area (Å²) in [6, 6.07) is 8.43. The molecule has 0 saturated carbocycles. The quantitative estimate of drug-likeness (QED) is 0.918. The lowest BCUT2D eigenvalue weighted by atomic mass is 9.99. The van der Waals surface area contributed by atoms with Crippen LogP contribution in [0.25, 0.3) is 0 Å². The molecule has 1 N–H and O–H groups in total. The lowest BCUT2D eigenvalue weighted by Gasteiger charge is -2.20. The van der Waals surface area contributed by atoms with Crippen molar-refractivity contribution < 1.29 is 5.11 Å². The largest absolute Gasteiger partial charge is 0.389 e. The molecular weight excluding hydrogens is 238 g/mol. The van der Waals surface area contributed by atoms with E-state index in [-0.39, 0.29) is 5.92 Å². The van der Waals surface area contributed by atoms with Crippen LogP contribution in [-0.2, 0) is 6.54 Å². The van der Waals surface area contributed by atoms with E-state index in [1.165, 1.54) is 11.1 Å². The van der Waals surface area contributed by atoms with E-state index in [2.05, 4.69) is 48.2 Å². The molecule has 0 bridgehead atoms. The zero-order chi connectivity index (χ0) is 14.0. The van der Waals surface area contributed by atoms with Crippen molar-refractivity contribution in [1.82, 2.24) is 14.8 Å². The standard InChI is InChI=1S/C15H21N3O/c1-11-5-7-13(8-6-11)12(2)14-16-10-17-18(14)9-15(3,4)19/h5-8,10,12,19H,9H2,1-4H3/t12-/m1/s1. The van der Waals surface area contributed by atoms with Crippen LogP contribution in [0, 0.1) is 6.92 Å². The molecule has 0 unspecified atom stereocenters. The summed E-state index contributed by atoms with van der Waals surface area (Å²) in [5.74, 6) is 1.04. The molecule has 1 heterocycles. The number of aromatic nitrogens is 3. The lowest BCUT2D eigenvalue weighted by molar-refractivity contribution is 0.0565. The molecule has 0 saturated heterocycles. The fraction of sp³-hybridized carbons (Fsp3) is 0.467. The first-order valence-corrected chi connectivity index (χ1v) is 6.53. The second-order valence-corrected chi connectivity index (χ2v) is 5.72. The maximum atomic E-state index is 9.91. The predicted octanol–water partition coefficient (Wildman–Crippen LogP) is 2.51. The Morgan fingerprint density at radius 2 is 1.89 bits per heavy atom. The Morgan fingerprint density at radius 3 is 2.47 bits per heavy atom. The first-order chi connectivity index (χ1) is 8.87. The maximum absolute atomic E-state index is 9.91. The molecule has 19 heavy (non-hydrogen) atoms. The Bertz CT molecular complexity index is 537. The third-order valence-corrected chi connectivity index (χ3v) is 3.15. The van der Waals surface area contributed by atoms with E-state index in [1.807, 2.05) is 0 Å². The SMILES string of the molecule is Cc1ccc([C@@H](C)c2ncnn2CC(C)(C)O)cc1. The number of benzene rings is 1. The van der Waals surface area contributed by atoms with E-state index in [0.717, 1.165) is 5.82 Å². The molecule has 0 spiro atoms. The topological polar surface area (TPSA) is 50.9 Å². The van der Waals surface area contributed by atoms with Crippen LogP contribution >= 0.6 is 0 Å². The van der Waals surface area contributed by atoms with Crippen molar-refractivity contribution in [3.63, 3.8) is 0 Å².